The second kappa shape index (κ2) is 8.39. The van der Waals surface area contributed by atoms with Gasteiger partial charge in [-0.3, -0.25) is 4.79 Å². The fraction of sp³-hybridized carbons (Fsp3) is 0.0909. The SMILES string of the molecule is O=Cc1ccc2c(c1)Sc1ccccc1C(=NOCc1ccc(Cl)c(Cl)c1)C2. The molecule has 1 aliphatic rings. The maximum atomic E-state index is 11.1. The number of carbonyl (C=O) groups excluding carboxylic acids is 1. The first-order valence-electron chi connectivity index (χ1n) is 8.62. The zero-order valence-electron chi connectivity index (χ0n) is 14.7. The lowest BCUT2D eigenvalue weighted by Gasteiger charge is -2.08. The van der Waals surface area contributed by atoms with Crippen LogP contribution in [0.25, 0.3) is 0 Å². The van der Waals surface area contributed by atoms with Crippen LogP contribution in [0.3, 0.4) is 0 Å². The van der Waals surface area contributed by atoms with Crippen LogP contribution in [0.5, 0.6) is 0 Å². The molecule has 0 unspecified atom stereocenters. The van der Waals surface area contributed by atoms with Crippen LogP contribution >= 0.6 is 35.0 Å². The van der Waals surface area contributed by atoms with Gasteiger partial charge in [0.15, 0.2) is 0 Å². The van der Waals surface area contributed by atoms with Gasteiger partial charge in [0.1, 0.15) is 12.9 Å². The lowest BCUT2D eigenvalue weighted by molar-refractivity contribution is 0.112. The molecule has 0 aliphatic carbocycles. The molecular weight excluding hydrogens is 413 g/mol. The Bertz CT molecular complexity index is 1080. The minimum atomic E-state index is 0.298. The molecule has 140 valence electrons. The van der Waals surface area contributed by atoms with Gasteiger partial charge in [-0.25, -0.2) is 0 Å². The first-order chi connectivity index (χ1) is 13.6. The van der Waals surface area contributed by atoms with Crippen LogP contribution in [0, 0.1) is 0 Å². The second-order valence-electron chi connectivity index (χ2n) is 6.32. The van der Waals surface area contributed by atoms with Crippen molar-refractivity contribution in [3.8, 4) is 0 Å². The summed E-state index contributed by atoms with van der Waals surface area (Å²) in [5.41, 5.74) is 4.56. The van der Waals surface area contributed by atoms with Gasteiger partial charge in [0, 0.05) is 27.3 Å². The fourth-order valence-electron chi connectivity index (χ4n) is 2.97. The smallest absolute Gasteiger partial charge is 0.150 e. The maximum Gasteiger partial charge on any atom is 0.150 e. The minimum absolute atomic E-state index is 0.298. The van der Waals surface area contributed by atoms with Gasteiger partial charge >= 0.3 is 0 Å². The van der Waals surface area contributed by atoms with Crippen molar-refractivity contribution in [2.75, 3.05) is 0 Å². The molecule has 0 amide bonds. The van der Waals surface area contributed by atoms with Crippen molar-refractivity contribution in [1.29, 1.82) is 0 Å². The van der Waals surface area contributed by atoms with E-state index in [4.69, 9.17) is 28.0 Å². The van der Waals surface area contributed by atoms with Crippen molar-refractivity contribution in [2.45, 2.75) is 22.8 Å². The molecule has 0 radical (unpaired) electrons. The fourth-order valence-corrected chi connectivity index (χ4v) is 4.44. The molecule has 3 aromatic carbocycles. The Kier molecular flexibility index (Phi) is 5.72. The molecule has 0 fully saturated rings. The number of rotatable bonds is 4. The zero-order valence-corrected chi connectivity index (χ0v) is 17.0. The second-order valence-corrected chi connectivity index (χ2v) is 8.22. The van der Waals surface area contributed by atoms with Crippen molar-refractivity contribution >= 4 is 47.0 Å². The third-order valence-electron chi connectivity index (χ3n) is 4.39. The molecule has 1 aliphatic heterocycles. The zero-order chi connectivity index (χ0) is 19.5. The Balaban J connectivity index is 1.63. The number of benzene rings is 3. The van der Waals surface area contributed by atoms with Gasteiger partial charge in [-0.15, -0.1) is 0 Å². The predicted octanol–water partition coefficient (Wildman–Crippen LogP) is 6.43. The van der Waals surface area contributed by atoms with Crippen LogP contribution in [0.2, 0.25) is 10.0 Å². The number of carbonyl (C=O) groups is 1. The Hall–Kier alpha value is -2.27. The molecular formula is C22H15Cl2NO2S. The number of oxime groups is 1. The summed E-state index contributed by atoms with van der Waals surface area (Å²) >= 11 is 13.7. The van der Waals surface area contributed by atoms with Gasteiger partial charge in [0.2, 0.25) is 0 Å². The molecule has 3 aromatic rings. The highest BCUT2D eigenvalue weighted by Crippen LogP contribution is 2.37. The van der Waals surface area contributed by atoms with Gasteiger partial charge in [-0.2, -0.15) is 0 Å². The number of aldehydes is 1. The summed E-state index contributed by atoms with van der Waals surface area (Å²) in [4.78, 5) is 18.9. The van der Waals surface area contributed by atoms with E-state index in [-0.39, 0.29) is 0 Å². The standard InChI is InChI=1S/C22H15Cl2NO2S/c23-18-8-6-15(9-19(18)24)13-27-25-20-11-16-7-5-14(12-26)10-22(16)28-21-4-2-1-3-17(20)21/h1-10,12H,11,13H2. The topological polar surface area (TPSA) is 38.7 Å². The molecule has 1 heterocycles. The van der Waals surface area contributed by atoms with E-state index < -0.39 is 0 Å². The normalized spacial score (nSPS) is 14.1. The average molecular weight is 428 g/mol. The van der Waals surface area contributed by atoms with Crippen LogP contribution in [-0.4, -0.2) is 12.0 Å². The van der Waals surface area contributed by atoms with Gasteiger partial charge in [0.25, 0.3) is 0 Å². The molecule has 4 rings (SSSR count). The van der Waals surface area contributed by atoms with Gasteiger partial charge in [-0.05, 0) is 35.4 Å². The van der Waals surface area contributed by atoms with E-state index in [0.717, 1.165) is 38.5 Å². The van der Waals surface area contributed by atoms with Gasteiger partial charge in [0.05, 0.1) is 15.8 Å². The largest absolute Gasteiger partial charge is 0.391 e. The lowest BCUT2D eigenvalue weighted by atomic mass is 10.0. The molecule has 0 saturated carbocycles. The molecule has 0 N–H and O–H groups in total. The molecule has 0 spiro atoms. The monoisotopic (exact) mass is 427 g/mol. The van der Waals surface area contributed by atoms with Gasteiger partial charge in [-0.1, -0.05) is 76.5 Å². The van der Waals surface area contributed by atoms with Crippen LogP contribution in [0.1, 0.15) is 27.0 Å². The van der Waals surface area contributed by atoms with E-state index in [1.165, 1.54) is 0 Å². The van der Waals surface area contributed by atoms with Crippen molar-refractivity contribution < 1.29 is 9.63 Å². The van der Waals surface area contributed by atoms with Gasteiger partial charge < -0.3 is 4.84 Å². The van der Waals surface area contributed by atoms with E-state index >= 15 is 0 Å². The summed E-state index contributed by atoms with van der Waals surface area (Å²) in [7, 11) is 0. The Morgan fingerprint density at radius 3 is 2.68 bits per heavy atom. The third-order valence-corrected chi connectivity index (χ3v) is 6.31. The first-order valence-corrected chi connectivity index (χ1v) is 10.2. The minimum Gasteiger partial charge on any atom is -0.391 e. The van der Waals surface area contributed by atoms with Crippen LogP contribution in [0.15, 0.2) is 75.6 Å². The maximum absolute atomic E-state index is 11.1. The van der Waals surface area contributed by atoms with E-state index in [2.05, 4.69) is 11.2 Å². The summed E-state index contributed by atoms with van der Waals surface area (Å²) in [6.07, 6.45) is 1.49. The number of halogens is 2. The summed E-state index contributed by atoms with van der Waals surface area (Å²) in [6, 6.07) is 19.2. The molecule has 0 bridgehead atoms. The number of fused-ring (bicyclic) bond motifs is 2. The number of hydrogen-bond acceptors (Lipinski definition) is 4. The molecule has 28 heavy (non-hydrogen) atoms. The Labute approximate surface area is 177 Å². The predicted molar refractivity (Wildman–Crippen MR) is 114 cm³/mol. The summed E-state index contributed by atoms with van der Waals surface area (Å²) < 4.78 is 0. The van der Waals surface area contributed by atoms with Crippen LogP contribution in [-0.2, 0) is 17.9 Å². The lowest BCUT2D eigenvalue weighted by Crippen LogP contribution is -2.06. The van der Waals surface area contributed by atoms with E-state index in [9.17, 15) is 4.79 Å². The van der Waals surface area contributed by atoms with E-state index in [1.807, 2.05) is 42.5 Å². The third kappa shape index (κ3) is 4.09. The highest BCUT2D eigenvalue weighted by molar-refractivity contribution is 7.99. The summed E-state index contributed by atoms with van der Waals surface area (Å²) in [5.74, 6) is 0. The number of nitrogens with zero attached hydrogens (tertiary/aromatic N) is 1. The Morgan fingerprint density at radius 1 is 1.00 bits per heavy atom. The molecule has 3 nitrogen and oxygen atoms in total. The van der Waals surface area contributed by atoms with Crippen molar-refractivity contribution in [1.82, 2.24) is 0 Å². The highest BCUT2D eigenvalue weighted by atomic mass is 35.5. The van der Waals surface area contributed by atoms with E-state index in [0.29, 0.717) is 28.6 Å². The molecule has 0 aromatic heterocycles. The van der Waals surface area contributed by atoms with Crippen molar-refractivity contribution in [3.63, 3.8) is 0 Å². The summed E-state index contributed by atoms with van der Waals surface area (Å²) in [6.45, 7) is 0.298. The quantitative estimate of drug-likeness (QED) is 0.355. The summed E-state index contributed by atoms with van der Waals surface area (Å²) in [5, 5.41) is 5.44. The van der Waals surface area contributed by atoms with Crippen LogP contribution < -0.4 is 0 Å². The molecule has 0 atom stereocenters. The molecule has 0 saturated heterocycles. The number of hydrogen-bond donors (Lipinski definition) is 0. The van der Waals surface area contributed by atoms with Crippen molar-refractivity contribution in [2.24, 2.45) is 5.16 Å². The van der Waals surface area contributed by atoms with Crippen molar-refractivity contribution in [3.05, 3.63) is 93.0 Å². The molecule has 6 heteroatoms. The highest BCUT2D eigenvalue weighted by Gasteiger charge is 2.19. The van der Waals surface area contributed by atoms with E-state index in [1.54, 1.807) is 23.9 Å². The average Bonchev–Trinajstić information content (AvgIpc) is 2.86. The Morgan fingerprint density at radius 2 is 1.86 bits per heavy atom. The first kappa shape index (κ1) is 19.1. The van der Waals surface area contributed by atoms with Crippen LogP contribution in [0.4, 0.5) is 0 Å².